The maximum absolute atomic E-state index is 9.05. The van der Waals surface area contributed by atoms with Crippen LogP contribution in [0.3, 0.4) is 0 Å². The molecule has 2 heterocycles. The van der Waals surface area contributed by atoms with E-state index in [9.17, 15) is 0 Å². The second kappa shape index (κ2) is 6.00. The van der Waals surface area contributed by atoms with Crippen molar-refractivity contribution in [1.82, 2.24) is 4.57 Å². The predicted molar refractivity (Wildman–Crippen MR) is 102 cm³/mol. The molecule has 1 aliphatic carbocycles. The summed E-state index contributed by atoms with van der Waals surface area (Å²) in [6.45, 7) is 0.798. The van der Waals surface area contributed by atoms with Gasteiger partial charge >= 0.3 is 0 Å². The molecule has 0 bridgehead atoms. The third-order valence-corrected chi connectivity index (χ3v) is 6.34. The van der Waals surface area contributed by atoms with Gasteiger partial charge in [0.25, 0.3) is 0 Å². The number of hydrogen-bond donors (Lipinski definition) is 0. The Morgan fingerprint density at radius 2 is 1.88 bits per heavy atom. The lowest BCUT2D eigenvalue weighted by Crippen LogP contribution is -2.34. The van der Waals surface area contributed by atoms with Crippen molar-refractivity contribution in [2.75, 3.05) is 6.61 Å². The van der Waals surface area contributed by atoms with Crippen LogP contribution in [0.1, 0.15) is 47.2 Å². The molecule has 0 N–H and O–H groups in total. The Kier molecular flexibility index (Phi) is 3.62. The number of fused-ring (bicyclic) bond motifs is 5. The Labute approximate surface area is 153 Å². The first-order valence-corrected chi connectivity index (χ1v) is 9.46. The molecule has 130 valence electrons. The fraction of sp³-hybridized carbons (Fsp3) is 0.348. The van der Waals surface area contributed by atoms with E-state index in [1.165, 1.54) is 22.2 Å². The molecule has 1 aliphatic heterocycles. The number of hydrogen-bond acceptors (Lipinski definition) is 2. The third-order valence-electron chi connectivity index (χ3n) is 6.34. The van der Waals surface area contributed by atoms with Crippen molar-refractivity contribution in [2.24, 2.45) is 13.0 Å². The van der Waals surface area contributed by atoms with Crippen LogP contribution in [0.5, 0.6) is 0 Å². The van der Waals surface area contributed by atoms with Gasteiger partial charge in [-0.15, -0.1) is 0 Å². The Morgan fingerprint density at radius 1 is 1.08 bits per heavy atom. The maximum Gasteiger partial charge on any atom is 0.0991 e. The molecule has 0 saturated carbocycles. The number of rotatable bonds is 1. The van der Waals surface area contributed by atoms with Crippen LogP contribution >= 0.6 is 0 Å². The van der Waals surface area contributed by atoms with Crippen LogP contribution in [0.25, 0.3) is 10.9 Å². The zero-order chi connectivity index (χ0) is 17.7. The van der Waals surface area contributed by atoms with Gasteiger partial charge < -0.3 is 9.30 Å². The molecule has 0 unspecified atom stereocenters. The number of benzene rings is 2. The van der Waals surface area contributed by atoms with Crippen LogP contribution in [-0.2, 0) is 18.2 Å². The zero-order valence-electron chi connectivity index (χ0n) is 15.0. The van der Waals surface area contributed by atoms with E-state index in [1.54, 1.807) is 5.56 Å². The average molecular weight is 342 g/mol. The molecule has 1 saturated heterocycles. The quantitative estimate of drug-likeness (QED) is 0.633. The lowest BCUT2D eigenvalue weighted by atomic mass is 9.71. The summed E-state index contributed by atoms with van der Waals surface area (Å²) in [4.78, 5) is 0. The normalized spacial score (nSPS) is 24.7. The van der Waals surface area contributed by atoms with E-state index in [0.717, 1.165) is 25.9 Å². The number of nitriles is 1. The van der Waals surface area contributed by atoms with Gasteiger partial charge in [0.2, 0.25) is 0 Å². The Balaban J connectivity index is 1.57. The summed E-state index contributed by atoms with van der Waals surface area (Å²) in [5.41, 5.74) is 6.33. The highest BCUT2D eigenvalue weighted by Crippen LogP contribution is 2.50. The highest BCUT2D eigenvalue weighted by molar-refractivity contribution is 5.86. The monoisotopic (exact) mass is 342 g/mol. The Bertz CT molecular complexity index is 1010. The number of nitrogens with zero attached hydrogens (tertiary/aromatic N) is 2. The van der Waals surface area contributed by atoms with Crippen molar-refractivity contribution in [3.63, 3.8) is 0 Å². The largest absolute Gasteiger partial charge is 0.373 e. The molecule has 1 fully saturated rings. The standard InChI is InChI=1S/C23H22N2O/c1-25-21-5-3-2-4-17(21)18-10-11-20-19(22(18)25)12-13-26-23(20)16-8-6-15(14-24)7-9-16/h2-9,19-20,23H,10-13H2,1H3/t19-,20-,23-/m0/s1. The summed E-state index contributed by atoms with van der Waals surface area (Å²) in [6, 6.07) is 19.0. The fourth-order valence-electron chi connectivity index (χ4n) is 5.19. The maximum atomic E-state index is 9.05. The molecule has 3 nitrogen and oxygen atoms in total. The van der Waals surface area contributed by atoms with E-state index in [2.05, 4.69) is 54.1 Å². The number of para-hydroxylation sites is 1. The number of aryl methyl sites for hydroxylation is 2. The van der Waals surface area contributed by atoms with Gasteiger partial charge in [0.05, 0.1) is 17.7 Å². The topological polar surface area (TPSA) is 38.0 Å². The van der Waals surface area contributed by atoms with E-state index in [1.807, 2.05) is 12.1 Å². The number of ether oxygens (including phenoxy) is 1. The summed E-state index contributed by atoms with van der Waals surface area (Å²) >= 11 is 0. The molecule has 2 aliphatic rings. The summed E-state index contributed by atoms with van der Waals surface area (Å²) in [5, 5.41) is 10.5. The highest BCUT2D eigenvalue weighted by atomic mass is 16.5. The first-order valence-electron chi connectivity index (χ1n) is 9.46. The van der Waals surface area contributed by atoms with Crippen LogP contribution in [0.15, 0.2) is 48.5 Å². The molecule has 0 radical (unpaired) electrons. The fourth-order valence-corrected chi connectivity index (χ4v) is 5.19. The van der Waals surface area contributed by atoms with E-state index in [0.29, 0.717) is 17.4 Å². The van der Waals surface area contributed by atoms with Gasteiger partial charge in [0.1, 0.15) is 0 Å². The molecule has 3 atom stereocenters. The Morgan fingerprint density at radius 3 is 2.69 bits per heavy atom. The van der Waals surface area contributed by atoms with E-state index < -0.39 is 0 Å². The molecule has 5 rings (SSSR count). The van der Waals surface area contributed by atoms with Crippen LogP contribution in [0.2, 0.25) is 0 Å². The summed E-state index contributed by atoms with van der Waals surface area (Å²) in [7, 11) is 2.22. The minimum Gasteiger partial charge on any atom is -0.373 e. The van der Waals surface area contributed by atoms with Crippen molar-refractivity contribution >= 4 is 10.9 Å². The van der Waals surface area contributed by atoms with Crippen LogP contribution < -0.4 is 0 Å². The van der Waals surface area contributed by atoms with Crippen molar-refractivity contribution in [2.45, 2.75) is 31.3 Å². The lowest BCUT2D eigenvalue weighted by molar-refractivity contribution is -0.0471. The second-order valence-corrected chi connectivity index (χ2v) is 7.56. The van der Waals surface area contributed by atoms with Gasteiger partial charge in [0, 0.05) is 36.2 Å². The second-order valence-electron chi connectivity index (χ2n) is 7.56. The molecule has 3 heteroatoms. The van der Waals surface area contributed by atoms with Gasteiger partial charge in [0.15, 0.2) is 0 Å². The van der Waals surface area contributed by atoms with Crippen LogP contribution in [-0.4, -0.2) is 11.2 Å². The van der Waals surface area contributed by atoms with Crippen molar-refractivity contribution in [3.8, 4) is 6.07 Å². The first kappa shape index (κ1) is 15.7. The first-order chi connectivity index (χ1) is 12.8. The van der Waals surface area contributed by atoms with Gasteiger partial charge in [-0.2, -0.15) is 5.26 Å². The van der Waals surface area contributed by atoms with Crippen LogP contribution in [0.4, 0.5) is 0 Å². The van der Waals surface area contributed by atoms with Gasteiger partial charge in [-0.25, -0.2) is 0 Å². The molecular formula is C23H22N2O. The minimum absolute atomic E-state index is 0.132. The lowest BCUT2D eigenvalue weighted by Gasteiger charge is -2.42. The van der Waals surface area contributed by atoms with Gasteiger partial charge in [-0.1, -0.05) is 30.3 Å². The summed E-state index contributed by atoms with van der Waals surface area (Å²) in [6.07, 6.45) is 3.51. The predicted octanol–water partition coefficient (Wildman–Crippen LogP) is 4.86. The molecule has 1 aromatic heterocycles. The minimum atomic E-state index is 0.132. The SMILES string of the molecule is Cn1c2c(c3ccccc31)CC[C@H]1[C@@H]2CCO[C@H]1c1ccc(C#N)cc1. The molecule has 0 amide bonds. The van der Waals surface area contributed by atoms with E-state index in [4.69, 9.17) is 10.00 Å². The molecule has 0 spiro atoms. The van der Waals surface area contributed by atoms with E-state index in [-0.39, 0.29) is 6.10 Å². The zero-order valence-corrected chi connectivity index (χ0v) is 15.0. The Hall–Kier alpha value is -2.57. The van der Waals surface area contributed by atoms with Crippen molar-refractivity contribution in [3.05, 3.63) is 70.9 Å². The average Bonchev–Trinajstić information content (AvgIpc) is 3.01. The summed E-state index contributed by atoms with van der Waals surface area (Å²) in [5.74, 6) is 1.05. The summed E-state index contributed by atoms with van der Waals surface area (Å²) < 4.78 is 8.66. The molecule has 3 aromatic rings. The molecule has 2 aromatic carbocycles. The van der Waals surface area contributed by atoms with Gasteiger partial charge in [-0.3, -0.25) is 0 Å². The third kappa shape index (κ3) is 2.22. The van der Waals surface area contributed by atoms with Crippen LogP contribution in [0, 0.1) is 17.2 Å². The highest BCUT2D eigenvalue weighted by Gasteiger charge is 2.41. The van der Waals surface area contributed by atoms with Gasteiger partial charge in [-0.05, 0) is 54.5 Å². The van der Waals surface area contributed by atoms with Crippen molar-refractivity contribution < 1.29 is 4.74 Å². The molecular weight excluding hydrogens is 320 g/mol. The number of aromatic nitrogens is 1. The van der Waals surface area contributed by atoms with Crippen molar-refractivity contribution in [1.29, 1.82) is 5.26 Å². The molecule has 26 heavy (non-hydrogen) atoms. The smallest absolute Gasteiger partial charge is 0.0991 e. The van der Waals surface area contributed by atoms with E-state index >= 15 is 0 Å².